The molecule has 0 atom stereocenters. The van der Waals surface area contributed by atoms with Crippen molar-refractivity contribution in [3.8, 4) is 0 Å². The lowest BCUT2D eigenvalue weighted by Crippen LogP contribution is -2.16. The van der Waals surface area contributed by atoms with E-state index in [0.29, 0.717) is 5.69 Å². The van der Waals surface area contributed by atoms with Crippen LogP contribution < -0.4 is 5.32 Å². The van der Waals surface area contributed by atoms with Gasteiger partial charge in [0.2, 0.25) is 0 Å². The number of hydrogen-bond donors (Lipinski definition) is 1. The van der Waals surface area contributed by atoms with Crippen molar-refractivity contribution in [2.24, 2.45) is 5.92 Å². The molecule has 1 N–H and O–H groups in total. The Bertz CT molecular complexity index is 730. The third-order valence-electron chi connectivity index (χ3n) is 4.62. The van der Waals surface area contributed by atoms with Gasteiger partial charge in [-0.1, -0.05) is 0 Å². The fraction of sp³-hybridized carbons (Fsp3) is 0.471. The Morgan fingerprint density at radius 2 is 2.27 bits per heavy atom. The van der Waals surface area contributed by atoms with Gasteiger partial charge < -0.3 is 5.32 Å². The van der Waals surface area contributed by atoms with Crippen molar-refractivity contribution in [1.82, 2.24) is 14.8 Å². The molecule has 0 aromatic carbocycles. The summed E-state index contributed by atoms with van der Waals surface area (Å²) in [6, 6.07) is 1.83. The number of aromatic nitrogens is 3. The number of carbonyl (C=O) groups excluding carboxylic acids is 1. The van der Waals surface area contributed by atoms with Gasteiger partial charge in [-0.3, -0.25) is 14.5 Å². The summed E-state index contributed by atoms with van der Waals surface area (Å²) in [7, 11) is 0. The highest BCUT2D eigenvalue weighted by Crippen LogP contribution is 2.33. The minimum Gasteiger partial charge on any atom is -0.320 e. The van der Waals surface area contributed by atoms with Crippen LogP contribution in [0.2, 0.25) is 0 Å². The normalized spacial score (nSPS) is 16.6. The molecule has 5 nitrogen and oxygen atoms in total. The Hall–Kier alpha value is -2.17. The predicted molar refractivity (Wildman–Crippen MR) is 83.9 cm³/mol. The highest BCUT2D eigenvalue weighted by molar-refractivity contribution is 6.04. The Morgan fingerprint density at radius 1 is 1.41 bits per heavy atom. The summed E-state index contributed by atoms with van der Waals surface area (Å²) in [4.78, 5) is 16.7. The van der Waals surface area contributed by atoms with Crippen LogP contribution in [0.15, 0.2) is 18.5 Å². The third kappa shape index (κ3) is 2.40. The van der Waals surface area contributed by atoms with E-state index in [2.05, 4.69) is 20.1 Å². The maximum Gasteiger partial charge on any atom is 0.276 e. The van der Waals surface area contributed by atoms with Crippen LogP contribution in [0.25, 0.3) is 0 Å². The van der Waals surface area contributed by atoms with E-state index in [4.69, 9.17) is 0 Å². The number of rotatable bonds is 4. The van der Waals surface area contributed by atoms with Gasteiger partial charge in [-0.2, -0.15) is 5.10 Å². The Balaban J connectivity index is 1.61. The minimum absolute atomic E-state index is 0.0954. The van der Waals surface area contributed by atoms with Gasteiger partial charge >= 0.3 is 0 Å². The van der Waals surface area contributed by atoms with E-state index in [0.717, 1.165) is 48.5 Å². The van der Waals surface area contributed by atoms with Gasteiger partial charge in [0.1, 0.15) is 0 Å². The van der Waals surface area contributed by atoms with Crippen LogP contribution in [0, 0.1) is 12.8 Å². The summed E-state index contributed by atoms with van der Waals surface area (Å²) in [6.07, 6.45) is 9.20. The minimum atomic E-state index is -0.0954. The summed E-state index contributed by atoms with van der Waals surface area (Å²) >= 11 is 0. The van der Waals surface area contributed by atoms with Crippen molar-refractivity contribution >= 4 is 11.6 Å². The lowest BCUT2D eigenvalue weighted by molar-refractivity contribution is 0.102. The number of aryl methyl sites for hydroxylation is 1. The number of pyridine rings is 1. The fourth-order valence-corrected chi connectivity index (χ4v) is 3.18. The second-order valence-corrected chi connectivity index (χ2v) is 6.40. The molecule has 1 fully saturated rings. The van der Waals surface area contributed by atoms with Gasteiger partial charge in [0.15, 0.2) is 5.69 Å². The van der Waals surface area contributed by atoms with Crippen LogP contribution in [-0.2, 0) is 19.4 Å². The van der Waals surface area contributed by atoms with E-state index in [1.54, 1.807) is 12.4 Å². The molecule has 22 heavy (non-hydrogen) atoms. The Kier molecular flexibility index (Phi) is 3.21. The van der Waals surface area contributed by atoms with E-state index in [-0.39, 0.29) is 5.91 Å². The molecule has 2 aromatic heterocycles. The smallest absolute Gasteiger partial charge is 0.276 e. The predicted octanol–water partition coefficient (Wildman–Crippen LogP) is 2.74. The van der Waals surface area contributed by atoms with Crippen molar-refractivity contribution in [1.29, 1.82) is 0 Å². The first-order valence-corrected chi connectivity index (χ1v) is 8.03. The molecule has 5 heteroatoms. The van der Waals surface area contributed by atoms with Crippen molar-refractivity contribution in [2.75, 3.05) is 5.32 Å². The van der Waals surface area contributed by atoms with E-state index < -0.39 is 0 Å². The number of hydrogen-bond acceptors (Lipinski definition) is 3. The Morgan fingerprint density at radius 3 is 3.05 bits per heavy atom. The lowest BCUT2D eigenvalue weighted by Gasteiger charge is -2.07. The highest BCUT2D eigenvalue weighted by atomic mass is 16.2. The van der Waals surface area contributed by atoms with Gasteiger partial charge in [-0.25, -0.2) is 0 Å². The molecular weight excluding hydrogens is 276 g/mol. The molecule has 2 aliphatic carbocycles. The topological polar surface area (TPSA) is 59.8 Å². The first-order valence-electron chi connectivity index (χ1n) is 8.03. The SMILES string of the molecule is Cc1cnccc1NC(=O)c1nn(CC2CC2)c2c1CCC2. The number of carbonyl (C=O) groups is 1. The number of nitrogens with zero attached hydrogens (tertiary/aromatic N) is 3. The second-order valence-electron chi connectivity index (χ2n) is 6.40. The zero-order valence-corrected chi connectivity index (χ0v) is 12.8. The summed E-state index contributed by atoms with van der Waals surface area (Å²) in [6.45, 7) is 2.92. The van der Waals surface area contributed by atoms with Crippen molar-refractivity contribution < 1.29 is 4.79 Å². The van der Waals surface area contributed by atoms with Crippen LogP contribution in [0.5, 0.6) is 0 Å². The summed E-state index contributed by atoms with van der Waals surface area (Å²) in [5.41, 5.74) is 4.83. The molecule has 4 rings (SSSR count). The number of amides is 1. The number of nitrogens with one attached hydrogen (secondary N) is 1. The molecular formula is C17H20N4O. The summed E-state index contributed by atoms with van der Waals surface area (Å²) in [5.74, 6) is 0.671. The van der Waals surface area contributed by atoms with Crippen LogP contribution in [0.4, 0.5) is 5.69 Å². The molecule has 0 bridgehead atoms. The van der Waals surface area contributed by atoms with E-state index in [1.165, 1.54) is 18.5 Å². The highest BCUT2D eigenvalue weighted by Gasteiger charge is 2.29. The van der Waals surface area contributed by atoms with E-state index in [1.807, 2.05) is 13.0 Å². The van der Waals surface area contributed by atoms with Crippen LogP contribution in [-0.4, -0.2) is 20.7 Å². The van der Waals surface area contributed by atoms with Gasteiger partial charge in [0.25, 0.3) is 5.91 Å². The first kappa shape index (κ1) is 13.5. The molecule has 1 saturated carbocycles. The van der Waals surface area contributed by atoms with Gasteiger partial charge in [0.05, 0.1) is 0 Å². The van der Waals surface area contributed by atoms with E-state index >= 15 is 0 Å². The molecule has 2 heterocycles. The molecule has 0 radical (unpaired) electrons. The molecule has 0 spiro atoms. The van der Waals surface area contributed by atoms with Crippen molar-refractivity contribution in [2.45, 2.75) is 45.6 Å². The van der Waals surface area contributed by atoms with Gasteiger partial charge in [-0.15, -0.1) is 0 Å². The second kappa shape index (κ2) is 5.23. The van der Waals surface area contributed by atoms with Crippen LogP contribution in [0.3, 0.4) is 0 Å². The summed E-state index contributed by atoms with van der Waals surface area (Å²) < 4.78 is 2.09. The Labute approximate surface area is 129 Å². The molecule has 0 aliphatic heterocycles. The maximum absolute atomic E-state index is 12.6. The number of fused-ring (bicyclic) bond motifs is 1. The molecule has 1 amide bonds. The average molecular weight is 296 g/mol. The van der Waals surface area contributed by atoms with E-state index in [9.17, 15) is 4.79 Å². The van der Waals surface area contributed by atoms with Crippen LogP contribution >= 0.6 is 0 Å². The fourth-order valence-electron chi connectivity index (χ4n) is 3.18. The quantitative estimate of drug-likeness (QED) is 0.943. The zero-order chi connectivity index (χ0) is 15.1. The maximum atomic E-state index is 12.6. The number of anilines is 1. The standard InChI is InChI=1S/C17H20N4O/c1-11-9-18-8-7-14(11)19-17(22)16-13-3-2-4-15(13)21(20-16)10-12-5-6-12/h7-9,12H,2-6,10H2,1H3,(H,18,19,22). The van der Waals surface area contributed by atoms with Crippen molar-refractivity contribution in [3.63, 3.8) is 0 Å². The monoisotopic (exact) mass is 296 g/mol. The molecule has 2 aliphatic rings. The van der Waals surface area contributed by atoms with Crippen molar-refractivity contribution in [3.05, 3.63) is 41.0 Å². The molecule has 0 saturated heterocycles. The van der Waals surface area contributed by atoms with Gasteiger partial charge in [0, 0.05) is 35.9 Å². The molecule has 0 unspecified atom stereocenters. The lowest BCUT2D eigenvalue weighted by atomic mass is 10.2. The van der Waals surface area contributed by atoms with Crippen LogP contribution in [0.1, 0.15) is 46.6 Å². The summed E-state index contributed by atoms with van der Waals surface area (Å²) in [5, 5.41) is 7.61. The zero-order valence-electron chi connectivity index (χ0n) is 12.8. The van der Waals surface area contributed by atoms with Gasteiger partial charge in [-0.05, 0) is 56.6 Å². The molecule has 2 aromatic rings. The average Bonchev–Trinajstić information content (AvgIpc) is 3.07. The molecule has 114 valence electrons. The third-order valence-corrected chi connectivity index (χ3v) is 4.62. The largest absolute Gasteiger partial charge is 0.320 e. The first-order chi connectivity index (χ1) is 10.7.